The number of hydrogen-bond acceptors (Lipinski definition) is 6. The Morgan fingerprint density at radius 3 is 1.30 bits per heavy atom. The maximum atomic E-state index is 5.91. The van der Waals surface area contributed by atoms with E-state index in [1.165, 1.54) is 0 Å². The second kappa shape index (κ2) is 10.2. The maximum absolute atomic E-state index is 5.91. The summed E-state index contributed by atoms with van der Waals surface area (Å²) < 4.78 is 33.7. The molecule has 3 aromatic heterocycles. The smallest absolute Gasteiger partial charge is 0.129 e. The second-order valence-corrected chi connectivity index (χ2v) is 6.57. The van der Waals surface area contributed by atoms with Crippen LogP contribution in [0.2, 0.25) is 0 Å². The molecule has 0 aliphatic heterocycles. The predicted octanol–water partition coefficient (Wildman–Crippen LogP) is 4.81. The number of rotatable bonds is 13. The Morgan fingerprint density at radius 1 is 0.667 bits per heavy atom. The van der Waals surface area contributed by atoms with E-state index >= 15 is 0 Å². The van der Waals surface area contributed by atoms with Gasteiger partial charge in [-0.2, -0.15) is 0 Å². The van der Waals surface area contributed by atoms with Gasteiger partial charge in [0.05, 0.1) is 38.6 Å². The third-order valence-electron chi connectivity index (χ3n) is 4.45. The zero-order valence-corrected chi connectivity index (χ0v) is 15.6. The minimum absolute atomic E-state index is 0.272. The molecule has 0 fully saturated rings. The van der Waals surface area contributed by atoms with Gasteiger partial charge in [-0.1, -0.05) is 6.92 Å². The molecule has 3 heterocycles. The number of ether oxygens (including phenoxy) is 3. The fourth-order valence-corrected chi connectivity index (χ4v) is 2.72. The molecule has 6 nitrogen and oxygen atoms in total. The molecule has 0 aromatic carbocycles. The zero-order valence-electron chi connectivity index (χ0n) is 15.6. The molecule has 0 N–H and O–H groups in total. The third-order valence-corrected chi connectivity index (χ3v) is 4.45. The summed E-state index contributed by atoms with van der Waals surface area (Å²) in [5.41, 5.74) is -0.272. The Bertz CT molecular complexity index is 616. The van der Waals surface area contributed by atoms with E-state index in [9.17, 15) is 0 Å². The Hall–Kier alpha value is -2.28. The van der Waals surface area contributed by atoms with E-state index in [1.807, 2.05) is 36.4 Å². The highest BCUT2D eigenvalue weighted by molar-refractivity contribution is 4.98. The average Bonchev–Trinajstić information content (AvgIpc) is 3.45. The topological polar surface area (TPSA) is 67.1 Å². The van der Waals surface area contributed by atoms with Gasteiger partial charge in [0.25, 0.3) is 0 Å². The molecule has 0 spiro atoms. The van der Waals surface area contributed by atoms with Crippen molar-refractivity contribution in [3.63, 3.8) is 0 Å². The van der Waals surface area contributed by atoms with Crippen molar-refractivity contribution in [1.82, 2.24) is 0 Å². The summed E-state index contributed by atoms with van der Waals surface area (Å²) >= 11 is 0. The molecule has 146 valence electrons. The molecule has 0 atom stereocenters. The van der Waals surface area contributed by atoms with Gasteiger partial charge in [-0.25, -0.2) is 0 Å². The molecule has 0 bridgehead atoms. The van der Waals surface area contributed by atoms with Crippen LogP contribution in [0.1, 0.15) is 30.6 Å². The molecule has 0 unspecified atom stereocenters. The second-order valence-electron chi connectivity index (χ2n) is 6.57. The molecule has 3 aromatic rings. The van der Waals surface area contributed by atoms with Gasteiger partial charge in [0.1, 0.15) is 37.1 Å². The third kappa shape index (κ3) is 6.13. The van der Waals surface area contributed by atoms with Gasteiger partial charge in [-0.05, 0) is 42.8 Å². The van der Waals surface area contributed by atoms with Crippen molar-refractivity contribution in [1.29, 1.82) is 0 Å². The first-order chi connectivity index (χ1) is 13.3. The first-order valence-corrected chi connectivity index (χ1v) is 9.10. The number of furan rings is 3. The lowest BCUT2D eigenvalue weighted by molar-refractivity contribution is -0.0867. The van der Waals surface area contributed by atoms with Crippen molar-refractivity contribution in [3.05, 3.63) is 72.5 Å². The van der Waals surface area contributed by atoms with Crippen LogP contribution in [0.15, 0.2) is 68.4 Å². The minimum Gasteiger partial charge on any atom is -0.467 e. The first-order valence-electron chi connectivity index (χ1n) is 9.10. The summed E-state index contributed by atoms with van der Waals surface area (Å²) in [7, 11) is 0. The molecule has 0 amide bonds. The summed E-state index contributed by atoms with van der Waals surface area (Å²) in [5, 5.41) is 0. The van der Waals surface area contributed by atoms with Crippen LogP contribution in [0.5, 0.6) is 0 Å². The molecule has 0 saturated heterocycles. The molecule has 27 heavy (non-hydrogen) atoms. The van der Waals surface area contributed by atoms with Gasteiger partial charge < -0.3 is 27.5 Å². The first kappa shape index (κ1) is 19.5. The van der Waals surface area contributed by atoms with Crippen LogP contribution >= 0.6 is 0 Å². The van der Waals surface area contributed by atoms with Crippen molar-refractivity contribution in [3.8, 4) is 0 Å². The SMILES string of the molecule is CCC(COCc1ccco1)(COCc1ccco1)COCc1ccco1. The molecule has 3 rings (SSSR count). The fourth-order valence-electron chi connectivity index (χ4n) is 2.72. The molecular formula is C21H26O6. The average molecular weight is 374 g/mol. The molecular weight excluding hydrogens is 348 g/mol. The molecule has 0 aliphatic carbocycles. The Balaban J connectivity index is 1.53. The summed E-state index contributed by atoms with van der Waals surface area (Å²) in [6.45, 7) is 4.88. The van der Waals surface area contributed by atoms with Crippen molar-refractivity contribution >= 4 is 0 Å². The van der Waals surface area contributed by atoms with E-state index in [1.54, 1.807) is 18.8 Å². The maximum Gasteiger partial charge on any atom is 0.129 e. The molecule has 0 aliphatic rings. The van der Waals surface area contributed by atoms with Crippen LogP contribution in [0.3, 0.4) is 0 Å². The van der Waals surface area contributed by atoms with Crippen LogP contribution in [0.4, 0.5) is 0 Å². The summed E-state index contributed by atoms with van der Waals surface area (Å²) in [5.74, 6) is 2.40. The predicted molar refractivity (Wildman–Crippen MR) is 97.8 cm³/mol. The Kier molecular flexibility index (Phi) is 7.33. The van der Waals surface area contributed by atoms with Gasteiger partial charge >= 0.3 is 0 Å². The van der Waals surface area contributed by atoms with E-state index in [4.69, 9.17) is 27.5 Å². The van der Waals surface area contributed by atoms with Gasteiger partial charge in [-0.3, -0.25) is 0 Å². The largest absolute Gasteiger partial charge is 0.467 e. The zero-order chi connectivity index (χ0) is 18.8. The summed E-state index contributed by atoms with van der Waals surface area (Å²) in [6, 6.07) is 11.2. The van der Waals surface area contributed by atoms with E-state index in [0.717, 1.165) is 23.7 Å². The van der Waals surface area contributed by atoms with Crippen molar-refractivity contribution in [2.75, 3.05) is 19.8 Å². The van der Waals surface area contributed by atoms with Crippen LogP contribution in [-0.4, -0.2) is 19.8 Å². The summed E-state index contributed by atoms with van der Waals surface area (Å²) in [4.78, 5) is 0. The van der Waals surface area contributed by atoms with Crippen molar-refractivity contribution in [2.24, 2.45) is 5.41 Å². The van der Waals surface area contributed by atoms with Crippen LogP contribution in [-0.2, 0) is 34.0 Å². The normalized spacial score (nSPS) is 11.9. The van der Waals surface area contributed by atoms with Crippen molar-refractivity contribution < 1.29 is 27.5 Å². The standard InChI is InChI=1S/C21H26O6/c1-2-21(15-22-12-18-6-3-9-25-18,16-23-13-19-7-4-10-26-19)17-24-14-20-8-5-11-27-20/h3-11H,2,12-17H2,1H3. The Morgan fingerprint density at radius 2 is 1.04 bits per heavy atom. The van der Waals surface area contributed by atoms with Gasteiger partial charge in [0.2, 0.25) is 0 Å². The fraction of sp³-hybridized carbons (Fsp3) is 0.429. The van der Waals surface area contributed by atoms with E-state index in [0.29, 0.717) is 39.6 Å². The molecule has 0 radical (unpaired) electrons. The quantitative estimate of drug-likeness (QED) is 0.428. The highest BCUT2D eigenvalue weighted by atomic mass is 16.5. The number of hydrogen-bond donors (Lipinski definition) is 0. The highest BCUT2D eigenvalue weighted by Crippen LogP contribution is 2.26. The van der Waals surface area contributed by atoms with E-state index < -0.39 is 0 Å². The van der Waals surface area contributed by atoms with Gasteiger partial charge in [-0.15, -0.1) is 0 Å². The lowest BCUT2D eigenvalue weighted by atomic mass is 9.88. The van der Waals surface area contributed by atoms with Crippen molar-refractivity contribution in [2.45, 2.75) is 33.2 Å². The van der Waals surface area contributed by atoms with Crippen LogP contribution in [0, 0.1) is 5.41 Å². The van der Waals surface area contributed by atoms with Gasteiger partial charge in [0.15, 0.2) is 0 Å². The van der Waals surface area contributed by atoms with Crippen LogP contribution in [0.25, 0.3) is 0 Å². The summed E-state index contributed by atoms with van der Waals surface area (Å²) in [6.07, 6.45) is 5.78. The molecule has 0 saturated carbocycles. The lowest BCUT2D eigenvalue weighted by Crippen LogP contribution is -2.36. The van der Waals surface area contributed by atoms with E-state index in [2.05, 4.69) is 6.92 Å². The molecule has 6 heteroatoms. The minimum atomic E-state index is -0.272. The lowest BCUT2D eigenvalue weighted by Gasteiger charge is -2.31. The Labute approximate surface area is 159 Å². The monoisotopic (exact) mass is 374 g/mol. The van der Waals surface area contributed by atoms with E-state index in [-0.39, 0.29) is 5.41 Å². The highest BCUT2D eigenvalue weighted by Gasteiger charge is 2.30. The van der Waals surface area contributed by atoms with Crippen LogP contribution < -0.4 is 0 Å². The van der Waals surface area contributed by atoms with Gasteiger partial charge in [0, 0.05) is 5.41 Å².